The molecule has 268 valence electrons. The van der Waals surface area contributed by atoms with Crippen molar-refractivity contribution in [2.75, 3.05) is 0 Å². The van der Waals surface area contributed by atoms with Gasteiger partial charge in [0.25, 0.3) is 0 Å². The number of benzene rings is 7. The molecule has 4 nitrogen and oxygen atoms in total. The lowest BCUT2D eigenvalue weighted by Gasteiger charge is -2.19. The number of aromatic nitrogens is 4. The first-order valence-electron chi connectivity index (χ1n) is 19.5. The number of hydrogen-bond donors (Lipinski definition) is 0. The van der Waals surface area contributed by atoms with Crippen LogP contribution in [-0.2, 0) is 0 Å². The molecule has 0 spiro atoms. The lowest BCUT2D eigenvalue weighted by atomic mass is 10.0. The van der Waals surface area contributed by atoms with E-state index >= 15 is 0 Å². The zero-order valence-electron chi connectivity index (χ0n) is 30.9. The van der Waals surface area contributed by atoms with Gasteiger partial charge < -0.3 is 9.13 Å². The number of fused-ring (bicyclic) bond motifs is 12. The van der Waals surface area contributed by atoms with Crippen molar-refractivity contribution in [2.45, 2.75) is 12.5 Å². The summed E-state index contributed by atoms with van der Waals surface area (Å²) < 4.78 is 7.76. The normalized spacial score (nSPS) is 14.3. The van der Waals surface area contributed by atoms with Gasteiger partial charge in [-0.25, -0.2) is 9.97 Å². The monoisotopic (exact) mass is 746 g/mol. The predicted octanol–water partition coefficient (Wildman–Crippen LogP) is 14.1. The fourth-order valence-corrected chi connectivity index (χ4v) is 10.4. The van der Waals surface area contributed by atoms with Gasteiger partial charge in [0.2, 0.25) is 0 Å². The first kappa shape index (κ1) is 32.2. The molecule has 5 heteroatoms. The summed E-state index contributed by atoms with van der Waals surface area (Å²) in [6.45, 7) is 0. The van der Waals surface area contributed by atoms with Gasteiger partial charge in [0, 0.05) is 64.9 Å². The van der Waals surface area contributed by atoms with Crippen LogP contribution in [0.1, 0.15) is 12.5 Å². The van der Waals surface area contributed by atoms with Crippen molar-refractivity contribution >= 4 is 75.1 Å². The molecule has 1 aliphatic rings. The van der Waals surface area contributed by atoms with Gasteiger partial charge in [-0.1, -0.05) is 152 Å². The Morgan fingerprint density at radius 1 is 0.509 bits per heavy atom. The van der Waals surface area contributed by atoms with Crippen LogP contribution >= 0.6 is 11.3 Å². The smallest absolute Gasteiger partial charge is 0.160 e. The molecule has 0 fully saturated rings. The van der Waals surface area contributed by atoms with Gasteiger partial charge in [-0.05, 0) is 42.8 Å². The second-order valence-corrected chi connectivity index (χ2v) is 15.9. The van der Waals surface area contributed by atoms with Crippen molar-refractivity contribution in [2.24, 2.45) is 0 Å². The van der Waals surface area contributed by atoms with Crippen molar-refractivity contribution in [3.8, 4) is 39.6 Å². The van der Waals surface area contributed by atoms with Crippen LogP contribution in [0.3, 0.4) is 0 Å². The molecule has 0 radical (unpaired) electrons. The molecule has 57 heavy (non-hydrogen) atoms. The van der Waals surface area contributed by atoms with Crippen LogP contribution in [0.4, 0.5) is 0 Å². The Kier molecular flexibility index (Phi) is 7.19. The van der Waals surface area contributed by atoms with Crippen LogP contribution in [0.15, 0.2) is 188 Å². The van der Waals surface area contributed by atoms with Crippen molar-refractivity contribution in [1.29, 1.82) is 0 Å². The SMILES string of the molecule is C1=CCC(n2c3ccccc3c3c4c5ccccc5n(-c5cccc(-c6cc(-c7ccccc7)nc(-c7ccccc7)n6)c5)c4c4c5ccccc5sc4c32)C=C1. The first-order chi connectivity index (χ1) is 28.3. The van der Waals surface area contributed by atoms with E-state index in [-0.39, 0.29) is 6.04 Å². The van der Waals surface area contributed by atoms with Gasteiger partial charge in [-0.3, -0.25) is 0 Å². The van der Waals surface area contributed by atoms with Gasteiger partial charge in [-0.15, -0.1) is 11.3 Å². The molecule has 0 saturated carbocycles. The molecule has 7 aromatic carbocycles. The summed E-state index contributed by atoms with van der Waals surface area (Å²) in [4.78, 5) is 10.3. The van der Waals surface area contributed by atoms with Gasteiger partial charge in [-0.2, -0.15) is 0 Å². The number of rotatable bonds is 5. The van der Waals surface area contributed by atoms with E-state index in [2.05, 4.69) is 173 Å². The Morgan fingerprint density at radius 3 is 1.91 bits per heavy atom. The molecule has 1 atom stereocenters. The number of allylic oxidation sites excluding steroid dienone is 4. The highest BCUT2D eigenvalue weighted by Gasteiger charge is 2.28. The summed E-state index contributed by atoms with van der Waals surface area (Å²) >= 11 is 1.92. The highest BCUT2D eigenvalue weighted by Crippen LogP contribution is 2.51. The third kappa shape index (κ3) is 4.92. The molecule has 0 bridgehead atoms. The Balaban J connectivity index is 1.20. The molecule has 1 unspecified atom stereocenters. The highest BCUT2D eigenvalue weighted by molar-refractivity contribution is 7.27. The summed E-state index contributed by atoms with van der Waals surface area (Å²) in [5, 5.41) is 7.76. The molecule has 0 saturated heterocycles. The van der Waals surface area contributed by atoms with Gasteiger partial charge in [0.15, 0.2) is 5.82 Å². The second kappa shape index (κ2) is 12.7. The maximum absolute atomic E-state index is 5.22. The van der Waals surface area contributed by atoms with Crippen LogP contribution < -0.4 is 0 Å². The summed E-state index contributed by atoms with van der Waals surface area (Å²) in [5.41, 5.74) is 11.0. The van der Waals surface area contributed by atoms with E-state index in [4.69, 9.17) is 9.97 Å². The summed E-state index contributed by atoms with van der Waals surface area (Å²) in [6, 6.07) is 58.9. The van der Waals surface area contributed by atoms with Crippen LogP contribution in [0.2, 0.25) is 0 Å². The Bertz CT molecular complexity index is 3380. The minimum Gasteiger partial charge on any atom is -0.332 e. The topological polar surface area (TPSA) is 35.6 Å². The van der Waals surface area contributed by atoms with Gasteiger partial charge >= 0.3 is 0 Å². The lowest BCUT2D eigenvalue weighted by Crippen LogP contribution is -2.06. The fourth-order valence-electron chi connectivity index (χ4n) is 9.16. The standard InChI is InChI=1S/C52H34N4S/c1-4-17-33(18-5-1)41-32-42(54-52(53-41)34-19-6-2-7-20-34)35-21-16-24-37(31-35)56-44-29-14-10-25-38(44)46-47-39-26-11-13-28-43(39)55(36-22-8-3-9-23-36)50(47)51-48(49(46)56)40-27-12-15-30-45(40)57-51/h1-22,24-32,36H,23H2. The van der Waals surface area contributed by atoms with E-state index in [9.17, 15) is 0 Å². The zero-order chi connectivity index (χ0) is 37.5. The van der Waals surface area contributed by atoms with E-state index < -0.39 is 0 Å². The average Bonchev–Trinajstić information content (AvgIpc) is 3.95. The molecule has 4 aromatic heterocycles. The largest absolute Gasteiger partial charge is 0.332 e. The van der Waals surface area contributed by atoms with Crippen molar-refractivity contribution in [1.82, 2.24) is 19.1 Å². The van der Waals surface area contributed by atoms with E-state index in [1.165, 1.54) is 63.8 Å². The summed E-state index contributed by atoms with van der Waals surface area (Å²) in [5.74, 6) is 0.711. The molecular formula is C52H34N4S. The molecule has 0 N–H and O–H groups in total. The van der Waals surface area contributed by atoms with E-state index in [1.54, 1.807) is 0 Å². The quantitative estimate of drug-likeness (QED) is 0.176. The van der Waals surface area contributed by atoms with Crippen LogP contribution in [-0.4, -0.2) is 19.1 Å². The average molecular weight is 747 g/mol. The molecule has 0 aliphatic heterocycles. The Morgan fingerprint density at radius 2 is 1.14 bits per heavy atom. The van der Waals surface area contributed by atoms with E-state index in [0.717, 1.165) is 40.2 Å². The summed E-state index contributed by atoms with van der Waals surface area (Å²) in [7, 11) is 0. The molecule has 1 aliphatic carbocycles. The van der Waals surface area contributed by atoms with Crippen LogP contribution in [0.5, 0.6) is 0 Å². The van der Waals surface area contributed by atoms with Crippen molar-refractivity contribution in [3.05, 3.63) is 188 Å². The van der Waals surface area contributed by atoms with Crippen LogP contribution in [0, 0.1) is 0 Å². The minimum absolute atomic E-state index is 0.225. The van der Waals surface area contributed by atoms with Gasteiger partial charge in [0.1, 0.15) is 0 Å². The Hall–Kier alpha value is -7.08. The number of thiophene rings is 1. The maximum atomic E-state index is 5.22. The predicted molar refractivity (Wildman–Crippen MR) is 241 cm³/mol. The first-order valence-corrected chi connectivity index (χ1v) is 20.3. The maximum Gasteiger partial charge on any atom is 0.160 e. The van der Waals surface area contributed by atoms with E-state index in [1.807, 2.05) is 35.6 Å². The third-order valence-electron chi connectivity index (χ3n) is 11.6. The molecule has 11 aromatic rings. The summed E-state index contributed by atoms with van der Waals surface area (Å²) in [6.07, 6.45) is 10.0. The molecule has 4 heterocycles. The van der Waals surface area contributed by atoms with Crippen molar-refractivity contribution in [3.63, 3.8) is 0 Å². The fraction of sp³-hybridized carbons (Fsp3) is 0.0385. The van der Waals surface area contributed by atoms with Gasteiger partial charge in [0.05, 0.1) is 38.7 Å². The minimum atomic E-state index is 0.225. The highest BCUT2D eigenvalue weighted by atomic mass is 32.1. The second-order valence-electron chi connectivity index (χ2n) is 14.8. The third-order valence-corrected chi connectivity index (χ3v) is 12.8. The molecule has 0 amide bonds. The molecule has 12 rings (SSSR count). The number of hydrogen-bond acceptors (Lipinski definition) is 3. The Labute approximate surface area is 332 Å². The lowest BCUT2D eigenvalue weighted by molar-refractivity contribution is 0.649. The van der Waals surface area contributed by atoms with Crippen LogP contribution in [0.25, 0.3) is 103 Å². The number of nitrogens with zero attached hydrogens (tertiary/aromatic N) is 4. The van der Waals surface area contributed by atoms with E-state index in [0.29, 0.717) is 5.82 Å². The molecular weight excluding hydrogens is 713 g/mol. The van der Waals surface area contributed by atoms with Crippen molar-refractivity contribution < 1.29 is 0 Å². The zero-order valence-corrected chi connectivity index (χ0v) is 31.7. The number of para-hydroxylation sites is 2.